The van der Waals surface area contributed by atoms with Crippen LogP contribution < -0.4 is 4.74 Å². The molecule has 106 valence electrons. The van der Waals surface area contributed by atoms with Crippen LogP contribution in [0.3, 0.4) is 0 Å². The van der Waals surface area contributed by atoms with Crippen molar-refractivity contribution in [2.24, 2.45) is 0 Å². The number of carboxylic acid groups (broad SMARTS) is 1. The minimum absolute atomic E-state index is 0.0133. The van der Waals surface area contributed by atoms with Gasteiger partial charge in [0.05, 0.1) is 12.1 Å². The normalized spacial score (nSPS) is 10.7. The Morgan fingerprint density at radius 1 is 1.25 bits per heavy atom. The SMILES string of the molecule is CCOc1ccc2c(ccn2C(=O)CCCC(=O)O)c1. The lowest BCUT2D eigenvalue weighted by Gasteiger charge is -2.05. The van der Waals surface area contributed by atoms with E-state index in [9.17, 15) is 9.59 Å². The zero-order chi connectivity index (χ0) is 14.5. The molecule has 0 atom stereocenters. The van der Waals surface area contributed by atoms with Crippen LogP contribution in [-0.2, 0) is 4.79 Å². The van der Waals surface area contributed by atoms with Crippen LogP contribution in [0.1, 0.15) is 31.0 Å². The molecule has 0 spiro atoms. The fourth-order valence-corrected chi connectivity index (χ4v) is 2.11. The molecular formula is C15H17NO4. The molecule has 0 fully saturated rings. The van der Waals surface area contributed by atoms with Crippen LogP contribution in [0.2, 0.25) is 0 Å². The number of rotatable bonds is 6. The van der Waals surface area contributed by atoms with Crippen LogP contribution in [0, 0.1) is 0 Å². The summed E-state index contributed by atoms with van der Waals surface area (Å²) in [6.45, 7) is 2.52. The summed E-state index contributed by atoms with van der Waals surface area (Å²) in [5.41, 5.74) is 0.814. The van der Waals surface area contributed by atoms with Crippen LogP contribution in [0.15, 0.2) is 30.5 Å². The Hall–Kier alpha value is -2.30. The lowest BCUT2D eigenvalue weighted by atomic mass is 10.2. The predicted octanol–water partition coefficient (Wildman–Crippen LogP) is 2.94. The standard InChI is InChI=1S/C15H17NO4/c1-2-20-12-6-7-13-11(10-12)8-9-16(13)14(17)4-3-5-15(18)19/h6-10H,2-5H2,1H3,(H,18,19). The topological polar surface area (TPSA) is 68.5 Å². The van der Waals surface area contributed by atoms with Gasteiger partial charge in [-0.25, -0.2) is 0 Å². The van der Waals surface area contributed by atoms with Gasteiger partial charge >= 0.3 is 5.97 Å². The third-order valence-corrected chi connectivity index (χ3v) is 3.02. The molecule has 5 heteroatoms. The van der Waals surface area contributed by atoms with Gasteiger partial charge in [-0.15, -0.1) is 0 Å². The van der Waals surface area contributed by atoms with Crippen molar-refractivity contribution in [3.05, 3.63) is 30.5 Å². The number of benzene rings is 1. The minimum atomic E-state index is -0.878. The Balaban J connectivity index is 2.14. The summed E-state index contributed by atoms with van der Waals surface area (Å²) in [6.07, 6.45) is 2.30. The van der Waals surface area contributed by atoms with Gasteiger partial charge in [-0.05, 0) is 37.6 Å². The Morgan fingerprint density at radius 3 is 2.75 bits per heavy atom. The van der Waals surface area contributed by atoms with Gasteiger partial charge in [-0.3, -0.25) is 14.2 Å². The fourth-order valence-electron chi connectivity index (χ4n) is 2.11. The molecule has 0 radical (unpaired) electrons. The second kappa shape index (κ2) is 6.23. The van der Waals surface area contributed by atoms with E-state index in [2.05, 4.69) is 0 Å². The van der Waals surface area contributed by atoms with E-state index in [0.717, 1.165) is 16.7 Å². The number of aromatic nitrogens is 1. The molecule has 0 amide bonds. The highest BCUT2D eigenvalue weighted by Gasteiger charge is 2.10. The maximum atomic E-state index is 12.1. The van der Waals surface area contributed by atoms with Crippen molar-refractivity contribution < 1.29 is 19.4 Å². The molecule has 0 aliphatic rings. The molecule has 2 rings (SSSR count). The van der Waals surface area contributed by atoms with E-state index < -0.39 is 5.97 Å². The molecule has 1 heterocycles. The molecule has 0 bridgehead atoms. The van der Waals surface area contributed by atoms with Crippen molar-refractivity contribution in [3.63, 3.8) is 0 Å². The van der Waals surface area contributed by atoms with Gasteiger partial charge in [0.15, 0.2) is 0 Å². The molecule has 2 aromatic rings. The number of fused-ring (bicyclic) bond motifs is 1. The first-order chi connectivity index (χ1) is 9.61. The molecule has 5 nitrogen and oxygen atoms in total. The second-order valence-electron chi connectivity index (χ2n) is 4.48. The van der Waals surface area contributed by atoms with Gasteiger partial charge in [0.25, 0.3) is 0 Å². The Bertz CT molecular complexity index is 630. The Labute approximate surface area is 116 Å². The lowest BCUT2D eigenvalue weighted by Crippen LogP contribution is -2.09. The number of hydrogen-bond donors (Lipinski definition) is 1. The van der Waals surface area contributed by atoms with Gasteiger partial charge in [-0.2, -0.15) is 0 Å². The average molecular weight is 275 g/mol. The van der Waals surface area contributed by atoms with E-state index in [1.54, 1.807) is 10.8 Å². The predicted molar refractivity (Wildman–Crippen MR) is 75.2 cm³/mol. The van der Waals surface area contributed by atoms with Crippen LogP contribution in [0.5, 0.6) is 5.75 Å². The number of nitrogens with zero attached hydrogens (tertiary/aromatic N) is 1. The van der Waals surface area contributed by atoms with E-state index in [0.29, 0.717) is 13.0 Å². The van der Waals surface area contributed by atoms with Crippen molar-refractivity contribution >= 4 is 22.8 Å². The maximum Gasteiger partial charge on any atom is 0.303 e. The van der Waals surface area contributed by atoms with Gasteiger partial charge in [0, 0.05) is 24.4 Å². The third-order valence-electron chi connectivity index (χ3n) is 3.02. The molecule has 20 heavy (non-hydrogen) atoms. The average Bonchev–Trinajstić information content (AvgIpc) is 2.81. The number of carboxylic acids is 1. The van der Waals surface area contributed by atoms with Gasteiger partial charge in [-0.1, -0.05) is 0 Å². The quantitative estimate of drug-likeness (QED) is 0.880. The first kappa shape index (κ1) is 14.1. The van der Waals surface area contributed by atoms with Crippen LogP contribution in [0.25, 0.3) is 10.9 Å². The molecule has 0 aliphatic heterocycles. The van der Waals surface area contributed by atoms with Crippen molar-refractivity contribution in [2.75, 3.05) is 6.61 Å². The van der Waals surface area contributed by atoms with E-state index >= 15 is 0 Å². The second-order valence-corrected chi connectivity index (χ2v) is 4.48. The van der Waals surface area contributed by atoms with Crippen molar-refractivity contribution in [3.8, 4) is 5.75 Å². The van der Waals surface area contributed by atoms with Crippen LogP contribution in [-0.4, -0.2) is 28.2 Å². The van der Waals surface area contributed by atoms with Gasteiger partial charge in [0.2, 0.25) is 5.91 Å². The highest BCUT2D eigenvalue weighted by molar-refractivity contribution is 5.93. The summed E-state index contributed by atoms with van der Waals surface area (Å²) in [7, 11) is 0. The summed E-state index contributed by atoms with van der Waals surface area (Å²) in [6, 6.07) is 7.41. The summed E-state index contributed by atoms with van der Waals surface area (Å²) in [4.78, 5) is 22.5. The van der Waals surface area contributed by atoms with Gasteiger partial charge in [0.1, 0.15) is 5.75 Å². The molecule has 0 saturated carbocycles. The monoisotopic (exact) mass is 275 g/mol. The van der Waals surface area contributed by atoms with E-state index in [-0.39, 0.29) is 18.7 Å². The first-order valence-corrected chi connectivity index (χ1v) is 6.60. The number of hydrogen-bond acceptors (Lipinski definition) is 3. The highest BCUT2D eigenvalue weighted by Crippen LogP contribution is 2.22. The molecule has 0 saturated heterocycles. The zero-order valence-electron chi connectivity index (χ0n) is 11.3. The van der Waals surface area contributed by atoms with Crippen molar-refractivity contribution in [1.82, 2.24) is 4.57 Å². The van der Waals surface area contributed by atoms with Crippen molar-refractivity contribution in [2.45, 2.75) is 26.2 Å². The summed E-state index contributed by atoms with van der Waals surface area (Å²) < 4.78 is 6.98. The molecule has 0 aliphatic carbocycles. The zero-order valence-corrected chi connectivity index (χ0v) is 11.3. The lowest BCUT2D eigenvalue weighted by molar-refractivity contribution is -0.137. The third kappa shape index (κ3) is 3.17. The molecular weight excluding hydrogens is 258 g/mol. The minimum Gasteiger partial charge on any atom is -0.494 e. The van der Waals surface area contributed by atoms with Crippen LogP contribution >= 0.6 is 0 Å². The first-order valence-electron chi connectivity index (χ1n) is 6.60. The molecule has 0 unspecified atom stereocenters. The largest absolute Gasteiger partial charge is 0.494 e. The molecule has 1 N–H and O–H groups in total. The maximum absolute atomic E-state index is 12.1. The van der Waals surface area contributed by atoms with E-state index in [1.165, 1.54) is 0 Å². The van der Waals surface area contributed by atoms with Crippen molar-refractivity contribution in [1.29, 1.82) is 0 Å². The molecule has 1 aromatic carbocycles. The Morgan fingerprint density at radius 2 is 2.05 bits per heavy atom. The fraction of sp³-hybridized carbons (Fsp3) is 0.333. The Kier molecular flexibility index (Phi) is 4.40. The number of ether oxygens (including phenoxy) is 1. The van der Waals surface area contributed by atoms with Gasteiger partial charge < -0.3 is 9.84 Å². The van der Waals surface area contributed by atoms with E-state index in [4.69, 9.17) is 9.84 Å². The van der Waals surface area contributed by atoms with Crippen LogP contribution in [0.4, 0.5) is 0 Å². The summed E-state index contributed by atoms with van der Waals surface area (Å²) in [5, 5.41) is 9.51. The van der Waals surface area contributed by atoms with E-state index in [1.807, 2.05) is 31.2 Å². The number of carbonyl (C=O) groups excluding carboxylic acids is 1. The summed E-state index contributed by atoms with van der Waals surface area (Å²) >= 11 is 0. The number of carbonyl (C=O) groups is 2. The highest BCUT2D eigenvalue weighted by atomic mass is 16.5. The molecule has 1 aromatic heterocycles. The number of aliphatic carboxylic acids is 1. The smallest absolute Gasteiger partial charge is 0.303 e. The summed E-state index contributed by atoms with van der Waals surface area (Å²) in [5.74, 6) is -0.196.